The average Bonchev–Trinajstić information content (AvgIpc) is 2.55. The lowest BCUT2D eigenvalue weighted by atomic mass is 10.2. The van der Waals surface area contributed by atoms with Gasteiger partial charge in [-0.1, -0.05) is 0 Å². The number of hydrogen-bond acceptors (Lipinski definition) is 5. The molecule has 24 heavy (non-hydrogen) atoms. The van der Waals surface area contributed by atoms with Crippen molar-refractivity contribution in [2.45, 2.75) is 26.1 Å². The molecule has 2 heterocycles. The van der Waals surface area contributed by atoms with Crippen molar-refractivity contribution in [2.75, 3.05) is 50.7 Å². The number of amides is 1. The lowest BCUT2D eigenvalue weighted by Gasteiger charge is -2.39. The van der Waals surface area contributed by atoms with Gasteiger partial charge >= 0.3 is 0 Å². The Morgan fingerprint density at radius 3 is 2.25 bits per heavy atom. The van der Waals surface area contributed by atoms with Gasteiger partial charge in [0, 0.05) is 45.0 Å². The fourth-order valence-electron chi connectivity index (χ4n) is 3.58. The molecule has 0 bridgehead atoms. The number of piperazine rings is 1. The number of rotatable bonds is 3. The lowest BCUT2D eigenvalue weighted by Crippen LogP contribution is -2.53. The van der Waals surface area contributed by atoms with E-state index in [1.165, 1.54) is 0 Å². The number of anilines is 1. The van der Waals surface area contributed by atoms with Crippen molar-refractivity contribution in [1.29, 1.82) is 0 Å². The number of phenolic OH excluding ortho intramolecular Hbond substituents is 1. The van der Waals surface area contributed by atoms with Crippen LogP contribution in [0.4, 0.5) is 5.69 Å². The zero-order chi connectivity index (χ0) is 17.1. The first-order valence-electron chi connectivity index (χ1n) is 8.71. The maximum absolute atomic E-state index is 12.6. The fraction of sp³-hybridized carbons (Fsp3) is 0.611. The van der Waals surface area contributed by atoms with Crippen LogP contribution in [0.15, 0.2) is 24.3 Å². The second-order valence-electron chi connectivity index (χ2n) is 6.84. The molecule has 6 heteroatoms. The molecule has 2 fully saturated rings. The summed E-state index contributed by atoms with van der Waals surface area (Å²) in [5.41, 5.74) is 1.09. The quantitative estimate of drug-likeness (QED) is 0.899. The fourth-order valence-corrected chi connectivity index (χ4v) is 3.58. The van der Waals surface area contributed by atoms with Crippen LogP contribution in [0, 0.1) is 0 Å². The van der Waals surface area contributed by atoms with Crippen molar-refractivity contribution in [1.82, 2.24) is 9.80 Å². The number of carbonyl (C=O) groups is 1. The Hall–Kier alpha value is -1.79. The third kappa shape index (κ3) is 4.19. The van der Waals surface area contributed by atoms with Gasteiger partial charge in [-0.3, -0.25) is 9.69 Å². The first-order valence-corrected chi connectivity index (χ1v) is 8.71. The number of ether oxygens (including phenoxy) is 1. The van der Waals surface area contributed by atoms with Gasteiger partial charge in [0.05, 0.1) is 18.8 Å². The van der Waals surface area contributed by atoms with Gasteiger partial charge in [-0.15, -0.1) is 0 Å². The number of carbonyl (C=O) groups excluding carboxylic acids is 1. The van der Waals surface area contributed by atoms with E-state index in [2.05, 4.69) is 23.6 Å². The van der Waals surface area contributed by atoms with Gasteiger partial charge in [-0.25, -0.2) is 0 Å². The predicted molar refractivity (Wildman–Crippen MR) is 93.3 cm³/mol. The molecule has 0 saturated carbocycles. The van der Waals surface area contributed by atoms with Crippen molar-refractivity contribution in [3.05, 3.63) is 24.3 Å². The van der Waals surface area contributed by atoms with Crippen molar-refractivity contribution in [3.63, 3.8) is 0 Å². The zero-order valence-corrected chi connectivity index (χ0v) is 14.5. The third-order valence-corrected chi connectivity index (χ3v) is 4.70. The first-order chi connectivity index (χ1) is 11.5. The minimum atomic E-state index is 0.188. The van der Waals surface area contributed by atoms with Crippen LogP contribution >= 0.6 is 0 Å². The number of morpholine rings is 1. The summed E-state index contributed by atoms with van der Waals surface area (Å²) in [5.74, 6) is 0.489. The highest BCUT2D eigenvalue weighted by Crippen LogP contribution is 2.20. The maximum Gasteiger partial charge on any atom is 0.236 e. The molecular formula is C18H27N3O3. The van der Waals surface area contributed by atoms with Gasteiger partial charge in [-0.2, -0.15) is 0 Å². The first kappa shape index (κ1) is 17.0. The number of hydrogen-bond donors (Lipinski definition) is 1. The highest BCUT2D eigenvalue weighted by Gasteiger charge is 2.27. The Morgan fingerprint density at radius 1 is 1.08 bits per heavy atom. The third-order valence-electron chi connectivity index (χ3n) is 4.70. The topological polar surface area (TPSA) is 56.3 Å². The smallest absolute Gasteiger partial charge is 0.236 e. The van der Waals surface area contributed by atoms with Gasteiger partial charge < -0.3 is 19.6 Å². The SMILES string of the molecule is C[C@H]1CN(CC(=O)N2CCN(c3ccc(O)cc3)CC2)C[C@H](C)O1. The van der Waals surface area contributed by atoms with Gasteiger partial charge in [0.15, 0.2) is 0 Å². The van der Waals surface area contributed by atoms with Crippen LogP contribution < -0.4 is 4.90 Å². The summed E-state index contributed by atoms with van der Waals surface area (Å²) in [6, 6.07) is 7.24. The van der Waals surface area contributed by atoms with Crippen LogP contribution in [0.2, 0.25) is 0 Å². The summed E-state index contributed by atoms with van der Waals surface area (Å²) in [5, 5.41) is 9.38. The molecule has 1 aromatic rings. The molecule has 2 saturated heterocycles. The zero-order valence-electron chi connectivity index (χ0n) is 14.5. The van der Waals surface area contributed by atoms with Crippen LogP contribution in [0.3, 0.4) is 0 Å². The van der Waals surface area contributed by atoms with E-state index in [1.807, 2.05) is 17.0 Å². The summed E-state index contributed by atoms with van der Waals surface area (Å²) in [7, 11) is 0. The van der Waals surface area contributed by atoms with Crippen LogP contribution in [0.1, 0.15) is 13.8 Å². The Bertz CT molecular complexity index is 545. The number of nitrogens with zero attached hydrogens (tertiary/aromatic N) is 3. The highest BCUT2D eigenvalue weighted by molar-refractivity contribution is 5.78. The van der Waals surface area contributed by atoms with E-state index in [4.69, 9.17) is 4.74 Å². The summed E-state index contributed by atoms with van der Waals surface area (Å²) >= 11 is 0. The summed E-state index contributed by atoms with van der Waals surface area (Å²) < 4.78 is 5.72. The Kier molecular flexibility index (Phi) is 5.26. The molecule has 2 atom stereocenters. The molecule has 1 N–H and O–H groups in total. The molecule has 0 aromatic heterocycles. The molecule has 0 spiro atoms. The minimum absolute atomic E-state index is 0.188. The largest absolute Gasteiger partial charge is 0.508 e. The van der Waals surface area contributed by atoms with E-state index in [1.54, 1.807) is 12.1 Å². The van der Waals surface area contributed by atoms with Crippen molar-refractivity contribution in [3.8, 4) is 5.75 Å². The molecule has 1 amide bonds. The molecular weight excluding hydrogens is 306 g/mol. The number of phenols is 1. The molecule has 3 rings (SSSR count). The van der Waals surface area contributed by atoms with Crippen LogP contribution in [-0.4, -0.2) is 78.8 Å². The van der Waals surface area contributed by atoms with Gasteiger partial charge in [0.25, 0.3) is 0 Å². The average molecular weight is 333 g/mol. The molecule has 0 radical (unpaired) electrons. The summed E-state index contributed by atoms with van der Waals surface area (Å²) in [4.78, 5) is 19.0. The predicted octanol–water partition coefficient (Wildman–Crippen LogP) is 1.15. The second kappa shape index (κ2) is 7.40. The van der Waals surface area contributed by atoms with E-state index in [0.29, 0.717) is 6.54 Å². The summed E-state index contributed by atoms with van der Waals surface area (Å²) in [6.45, 7) is 9.39. The van der Waals surface area contributed by atoms with E-state index in [9.17, 15) is 9.90 Å². The standard InChI is InChI=1S/C18H27N3O3/c1-14-11-19(12-15(2)24-14)13-18(23)21-9-7-20(8-10-21)16-3-5-17(22)6-4-16/h3-6,14-15,22H,7-13H2,1-2H3/t14-,15-/m0/s1. The molecule has 2 aliphatic rings. The molecule has 0 unspecified atom stereocenters. The van der Waals surface area contributed by atoms with E-state index >= 15 is 0 Å². The van der Waals surface area contributed by atoms with Crippen LogP contribution in [-0.2, 0) is 9.53 Å². The van der Waals surface area contributed by atoms with Crippen LogP contribution in [0.25, 0.3) is 0 Å². The molecule has 132 valence electrons. The van der Waals surface area contributed by atoms with Gasteiger partial charge in [-0.05, 0) is 38.1 Å². The lowest BCUT2D eigenvalue weighted by molar-refractivity contribution is -0.136. The molecule has 0 aliphatic carbocycles. The van der Waals surface area contributed by atoms with Crippen molar-refractivity contribution in [2.24, 2.45) is 0 Å². The van der Waals surface area contributed by atoms with E-state index in [0.717, 1.165) is 45.0 Å². The maximum atomic E-state index is 12.6. The van der Waals surface area contributed by atoms with Crippen molar-refractivity contribution >= 4 is 11.6 Å². The minimum Gasteiger partial charge on any atom is -0.508 e. The van der Waals surface area contributed by atoms with Gasteiger partial charge in [0.1, 0.15) is 5.75 Å². The van der Waals surface area contributed by atoms with Crippen LogP contribution in [0.5, 0.6) is 5.75 Å². The highest BCUT2D eigenvalue weighted by atomic mass is 16.5. The monoisotopic (exact) mass is 333 g/mol. The molecule has 2 aliphatic heterocycles. The van der Waals surface area contributed by atoms with E-state index < -0.39 is 0 Å². The molecule has 6 nitrogen and oxygen atoms in total. The normalized spacial score (nSPS) is 25.8. The van der Waals surface area contributed by atoms with E-state index in [-0.39, 0.29) is 23.9 Å². The Morgan fingerprint density at radius 2 is 1.67 bits per heavy atom. The van der Waals surface area contributed by atoms with Crippen molar-refractivity contribution < 1.29 is 14.6 Å². The number of benzene rings is 1. The molecule has 1 aromatic carbocycles. The summed E-state index contributed by atoms with van der Waals surface area (Å²) in [6.07, 6.45) is 0.376. The Labute approximate surface area is 143 Å². The van der Waals surface area contributed by atoms with Gasteiger partial charge in [0.2, 0.25) is 5.91 Å². The second-order valence-corrected chi connectivity index (χ2v) is 6.84. The number of aromatic hydroxyl groups is 1. The Balaban J connectivity index is 1.49.